The van der Waals surface area contributed by atoms with Gasteiger partial charge in [0.1, 0.15) is 5.82 Å². The number of hydrogen-bond acceptors (Lipinski definition) is 5. The summed E-state index contributed by atoms with van der Waals surface area (Å²) in [7, 11) is -3.20. The second-order valence-electron chi connectivity index (χ2n) is 5.30. The summed E-state index contributed by atoms with van der Waals surface area (Å²) in [5.41, 5.74) is 3.97. The maximum Gasteiger partial charge on any atom is 0.257 e. The van der Waals surface area contributed by atoms with Crippen molar-refractivity contribution in [2.24, 2.45) is 5.92 Å². The third-order valence-corrected chi connectivity index (χ3v) is 5.22. The molecule has 0 aliphatic carbocycles. The van der Waals surface area contributed by atoms with Crippen LogP contribution in [0.3, 0.4) is 0 Å². The fourth-order valence-electron chi connectivity index (χ4n) is 2.18. The van der Waals surface area contributed by atoms with E-state index in [2.05, 4.69) is 16.2 Å². The summed E-state index contributed by atoms with van der Waals surface area (Å²) in [6.45, 7) is -0.476. The maximum atomic E-state index is 13.4. The van der Waals surface area contributed by atoms with Gasteiger partial charge in [-0.25, -0.2) is 12.8 Å². The number of nitrogens with one attached hydrogen (secondary N) is 3. The Morgan fingerprint density at radius 1 is 1.17 bits per heavy atom. The van der Waals surface area contributed by atoms with Crippen molar-refractivity contribution in [2.45, 2.75) is 6.42 Å². The van der Waals surface area contributed by atoms with E-state index >= 15 is 0 Å². The number of carbonyl (C=O) groups is 3. The Kier molecular flexibility index (Phi) is 5.50. The van der Waals surface area contributed by atoms with Crippen LogP contribution in [0.2, 0.25) is 0 Å². The number of halogens is 1. The van der Waals surface area contributed by atoms with E-state index in [9.17, 15) is 27.2 Å². The molecule has 0 spiro atoms. The molecule has 10 heteroatoms. The minimum atomic E-state index is -3.20. The second-order valence-corrected chi connectivity index (χ2v) is 7.53. The Hall–Kier alpha value is -2.49. The van der Waals surface area contributed by atoms with Gasteiger partial charge in [0.25, 0.3) is 11.8 Å². The summed E-state index contributed by atoms with van der Waals surface area (Å²) >= 11 is 0. The van der Waals surface area contributed by atoms with Crippen molar-refractivity contribution in [3.05, 3.63) is 35.6 Å². The van der Waals surface area contributed by atoms with E-state index in [-0.39, 0.29) is 23.5 Å². The van der Waals surface area contributed by atoms with Gasteiger partial charge in [0.15, 0.2) is 9.84 Å². The van der Waals surface area contributed by atoms with E-state index in [1.54, 1.807) is 0 Å². The zero-order chi connectivity index (χ0) is 17.7. The third-order valence-electron chi connectivity index (χ3n) is 3.46. The van der Waals surface area contributed by atoms with Crippen LogP contribution in [0.25, 0.3) is 0 Å². The Morgan fingerprint density at radius 3 is 2.50 bits per heavy atom. The van der Waals surface area contributed by atoms with Crippen LogP contribution in [0.1, 0.15) is 16.8 Å². The van der Waals surface area contributed by atoms with E-state index in [1.165, 1.54) is 18.2 Å². The van der Waals surface area contributed by atoms with Crippen molar-refractivity contribution in [3.8, 4) is 0 Å². The van der Waals surface area contributed by atoms with Crippen LogP contribution in [-0.2, 0) is 19.4 Å². The lowest BCUT2D eigenvalue weighted by molar-refractivity contribution is -0.130. The van der Waals surface area contributed by atoms with Gasteiger partial charge >= 0.3 is 0 Å². The van der Waals surface area contributed by atoms with Gasteiger partial charge in [-0.3, -0.25) is 25.2 Å². The number of amides is 3. The molecule has 0 radical (unpaired) electrons. The lowest BCUT2D eigenvalue weighted by Gasteiger charge is -2.11. The molecule has 1 saturated heterocycles. The Balaban J connectivity index is 1.75. The highest BCUT2D eigenvalue weighted by atomic mass is 32.2. The molecule has 24 heavy (non-hydrogen) atoms. The largest absolute Gasteiger partial charge is 0.343 e. The third kappa shape index (κ3) is 4.75. The smallest absolute Gasteiger partial charge is 0.257 e. The monoisotopic (exact) mass is 357 g/mol. The van der Waals surface area contributed by atoms with Crippen molar-refractivity contribution in [2.75, 3.05) is 18.1 Å². The molecule has 1 aromatic carbocycles. The Bertz CT molecular complexity index is 765. The molecule has 130 valence electrons. The first kappa shape index (κ1) is 17.9. The average Bonchev–Trinajstić information content (AvgIpc) is 2.91. The molecule has 1 aliphatic rings. The summed E-state index contributed by atoms with van der Waals surface area (Å²) in [4.78, 5) is 35.0. The van der Waals surface area contributed by atoms with Crippen LogP contribution < -0.4 is 16.2 Å². The Morgan fingerprint density at radius 2 is 1.88 bits per heavy atom. The van der Waals surface area contributed by atoms with Gasteiger partial charge in [-0.15, -0.1) is 0 Å². The van der Waals surface area contributed by atoms with Crippen molar-refractivity contribution in [1.82, 2.24) is 16.2 Å². The second kappa shape index (κ2) is 7.39. The molecule has 1 fully saturated rings. The summed E-state index contributed by atoms with van der Waals surface area (Å²) in [6.07, 6.45) is 0.202. The zero-order valence-electron chi connectivity index (χ0n) is 12.5. The molecular formula is C14H16FN3O5S. The molecule has 3 N–H and O–H groups in total. The number of carbonyl (C=O) groups excluding carboxylic acids is 3. The lowest BCUT2D eigenvalue weighted by Crippen LogP contribution is -2.48. The number of sulfone groups is 1. The fourth-order valence-corrected chi connectivity index (χ4v) is 3.92. The number of rotatable bonds is 4. The normalized spacial score (nSPS) is 18.6. The molecule has 8 nitrogen and oxygen atoms in total. The molecule has 1 aliphatic heterocycles. The topological polar surface area (TPSA) is 121 Å². The first-order valence-corrected chi connectivity index (χ1v) is 8.92. The van der Waals surface area contributed by atoms with E-state index in [4.69, 9.17) is 0 Å². The SMILES string of the molecule is O=C(CNC(=O)c1ccccc1F)NNC(=O)[C@@H]1CCS(=O)(=O)C1. The standard InChI is InChI=1S/C14H16FN3O5S/c15-11-4-2-1-3-10(11)14(21)16-7-12(19)17-18-13(20)9-5-6-24(22,23)8-9/h1-4,9H,5-8H2,(H,16,21)(H,17,19)(H,18,20)/t9-/m1/s1. The predicted molar refractivity (Wildman–Crippen MR) is 81.8 cm³/mol. The van der Waals surface area contributed by atoms with E-state index in [1.807, 2.05) is 0 Å². The maximum absolute atomic E-state index is 13.4. The molecule has 1 atom stereocenters. The summed E-state index contributed by atoms with van der Waals surface area (Å²) in [5.74, 6) is -3.83. The summed E-state index contributed by atoms with van der Waals surface area (Å²) < 4.78 is 35.9. The van der Waals surface area contributed by atoms with Gasteiger partial charge in [-0.1, -0.05) is 12.1 Å². The molecule has 0 bridgehead atoms. The van der Waals surface area contributed by atoms with Gasteiger partial charge < -0.3 is 5.32 Å². The highest BCUT2D eigenvalue weighted by Gasteiger charge is 2.33. The number of hydrogen-bond donors (Lipinski definition) is 3. The van der Waals surface area contributed by atoms with Crippen LogP contribution >= 0.6 is 0 Å². The van der Waals surface area contributed by atoms with Crippen molar-refractivity contribution >= 4 is 27.6 Å². The van der Waals surface area contributed by atoms with Crippen LogP contribution in [0.5, 0.6) is 0 Å². The van der Waals surface area contributed by atoms with Gasteiger partial charge in [-0.2, -0.15) is 0 Å². The first-order valence-electron chi connectivity index (χ1n) is 7.10. The van der Waals surface area contributed by atoms with E-state index < -0.39 is 45.8 Å². The van der Waals surface area contributed by atoms with Gasteiger partial charge in [0, 0.05) is 0 Å². The predicted octanol–water partition coefficient (Wildman–Crippen LogP) is -0.862. The molecule has 2 rings (SSSR count). The van der Waals surface area contributed by atoms with Crippen molar-refractivity contribution in [3.63, 3.8) is 0 Å². The van der Waals surface area contributed by atoms with Crippen LogP contribution in [0.4, 0.5) is 4.39 Å². The molecular weight excluding hydrogens is 341 g/mol. The fraction of sp³-hybridized carbons (Fsp3) is 0.357. The van der Waals surface area contributed by atoms with Gasteiger partial charge in [-0.05, 0) is 18.6 Å². The Labute approximate surface area is 137 Å². The summed E-state index contributed by atoms with van der Waals surface area (Å²) in [5, 5.41) is 2.21. The highest BCUT2D eigenvalue weighted by molar-refractivity contribution is 7.91. The van der Waals surface area contributed by atoms with Crippen molar-refractivity contribution in [1.29, 1.82) is 0 Å². The van der Waals surface area contributed by atoms with Crippen LogP contribution in [0, 0.1) is 11.7 Å². The van der Waals surface area contributed by atoms with E-state index in [0.29, 0.717) is 0 Å². The van der Waals surface area contributed by atoms with Gasteiger partial charge in [0.2, 0.25) is 5.91 Å². The molecule has 0 saturated carbocycles. The molecule has 1 heterocycles. The van der Waals surface area contributed by atoms with Crippen LogP contribution in [0.15, 0.2) is 24.3 Å². The first-order chi connectivity index (χ1) is 11.3. The average molecular weight is 357 g/mol. The zero-order valence-corrected chi connectivity index (χ0v) is 13.4. The van der Waals surface area contributed by atoms with Gasteiger partial charge in [0.05, 0.1) is 29.5 Å². The van der Waals surface area contributed by atoms with Crippen molar-refractivity contribution < 1.29 is 27.2 Å². The lowest BCUT2D eigenvalue weighted by atomic mass is 10.1. The minimum absolute atomic E-state index is 0.0578. The minimum Gasteiger partial charge on any atom is -0.343 e. The molecule has 3 amide bonds. The molecule has 0 unspecified atom stereocenters. The van der Waals surface area contributed by atoms with E-state index in [0.717, 1.165) is 6.07 Å². The highest BCUT2D eigenvalue weighted by Crippen LogP contribution is 2.17. The molecule has 1 aromatic rings. The summed E-state index contributed by atoms with van der Waals surface area (Å²) in [6, 6.07) is 5.29. The molecule has 0 aromatic heterocycles. The van der Waals surface area contributed by atoms with Crippen LogP contribution in [-0.4, -0.2) is 44.2 Å². The quantitative estimate of drug-likeness (QED) is 0.605. The number of hydrazine groups is 1. The number of benzene rings is 1.